The molecule has 0 radical (unpaired) electrons. The standard InChI is InChI=1S/C23H26ClN3O/c1-15-7-6-10-20(16(15)2)25-22(28)14-27-21-12-11-18(24)13-19(21)23(26-27)17-8-4-3-5-9-17/h3-5,8-9,11-13,15-16,20H,6-7,10,14H2,1-2H3,(H,25,28). The summed E-state index contributed by atoms with van der Waals surface area (Å²) in [4.78, 5) is 12.8. The lowest BCUT2D eigenvalue weighted by molar-refractivity contribution is -0.123. The molecule has 1 heterocycles. The zero-order chi connectivity index (χ0) is 19.7. The molecule has 1 amide bonds. The van der Waals surface area contributed by atoms with Gasteiger partial charge in [0.05, 0.1) is 5.52 Å². The van der Waals surface area contributed by atoms with Crippen molar-refractivity contribution in [1.82, 2.24) is 15.1 Å². The summed E-state index contributed by atoms with van der Waals surface area (Å²) in [5.74, 6) is 1.17. The fourth-order valence-corrected chi connectivity index (χ4v) is 4.43. The van der Waals surface area contributed by atoms with Gasteiger partial charge in [0, 0.05) is 22.0 Å². The molecular formula is C23H26ClN3O. The van der Waals surface area contributed by atoms with E-state index in [1.807, 2.05) is 48.5 Å². The van der Waals surface area contributed by atoms with Crippen molar-refractivity contribution in [2.75, 3.05) is 0 Å². The third-order valence-corrected chi connectivity index (χ3v) is 6.34. The molecule has 5 heteroatoms. The van der Waals surface area contributed by atoms with Crippen molar-refractivity contribution < 1.29 is 4.79 Å². The van der Waals surface area contributed by atoms with Gasteiger partial charge in [-0.1, -0.05) is 68.6 Å². The van der Waals surface area contributed by atoms with E-state index in [1.165, 1.54) is 12.8 Å². The first kappa shape index (κ1) is 19.0. The zero-order valence-electron chi connectivity index (χ0n) is 16.4. The number of nitrogens with zero attached hydrogens (tertiary/aromatic N) is 2. The Hall–Kier alpha value is -2.33. The van der Waals surface area contributed by atoms with Crippen molar-refractivity contribution in [2.24, 2.45) is 11.8 Å². The van der Waals surface area contributed by atoms with Crippen LogP contribution in [0.2, 0.25) is 5.02 Å². The molecular weight excluding hydrogens is 370 g/mol. The van der Waals surface area contributed by atoms with Gasteiger partial charge in [-0.2, -0.15) is 5.10 Å². The molecule has 1 aliphatic carbocycles. The maximum atomic E-state index is 12.8. The number of carbonyl (C=O) groups excluding carboxylic acids is 1. The first-order chi connectivity index (χ1) is 13.5. The maximum Gasteiger partial charge on any atom is 0.241 e. The minimum absolute atomic E-state index is 0.0184. The topological polar surface area (TPSA) is 46.9 Å². The lowest BCUT2D eigenvalue weighted by Crippen LogP contribution is -2.44. The van der Waals surface area contributed by atoms with E-state index in [0.717, 1.165) is 28.6 Å². The van der Waals surface area contributed by atoms with E-state index in [9.17, 15) is 4.79 Å². The minimum Gasteiger partial charge on any atom is -0.351 e. The number of halogens is 1. The molecule has 0 saturated heterocycles. The second-order valence-electron chi connectivity index (χ2n) is 7.98. The number of hydrogen-bond donors (Lipinski definition) is 1. The number of hydrogen-bond acceptors (Lipinski definition) is 2. The predicted octanol–water partition coefficient (Wildman–Crippen LogP) is 5.30. The van der Waals surface area contributed by atoms with Crippen LogP contribution in [0.25, 0.3) is 22.2 Å². The van der Waals surface area contributed by atoms with Gasteiger partial charge in [-0.3, -0.25) is 9.48 Å². The number of amides is 1. The van der Waals surface area contributed by atoms with Crippen LogP contribution < -0.4 is 5.32 Å². The molecule has 146 valence electrons. The van der Waals surface area contributed by atoms with Gasteiger partial charge in [0.1, 0.15) is 12.2 Å². The number of nitrogens with one attached hydrogen (secondary N) is 1. The van der Waals surface area contributed by atoms with Crippen LogP contribution in [0.4, 0.5) is 0 Å². The van der Waals surface area contributed by atoms with E-state index >= 15 is 0 Å². The molecule has 1 N–H and O–H groups in total. The monoisotopic (exact) mass is 395 g/mol. The highest BCUT2D eigenvalue weighted by atomic mass is 35.5. The molecule has 2 aromatic carbocycles. The third-order valence-electron chi connectivity index (χ3n) is 6.11. The van der Waals surface area contributed by atoms with E-state index in [1.54, 1.807) is 4.68 Å². The molecule has 1 aromatic heterocycles. The Balaban J connectivity index is 1.61. The largest absolute Gasteiger partial charge is 0.351 e. The van der Waals surface area contributed by atoms with Crippen molar-refractivity contribution in [3.8, 4) is 11.3 Å². The van der Waals surface area contributed by atoms with Crippen LogP contribution in [0.3, 0.4) is 0 Å². The number of carbonyl (C=O) groups is 1. The Bertz CT molecular complexity index is 982. The van der Waals surface area contributed by atoms with Crippen molar-refractivity contribution in [3.05, 3.63) is 53.6 Å². The fraction of sp³-hybridized carbons (Fsp3) is 0.391. The second kappa shape index (κ2) is 7.96. The summed E-state index contributed by atoms with van der Waals surface area (Å²) in [5.41, 5.74) is 2.79. The maximum absolute atomic E-state index is 12.8. The highest BCUT2D eigenvalue weighted by molar-refractivity contribution is 6.31. The van der Waals surface area contributed by atoms with Crippen molar-refractivity contribution >= 4 is 28.4 Å². The average molecular weight is 396 g/mol. The van der Waals surface area contributed by atoms with Crippen LogP contribution >= 0.6 is 11.6 Å². The van der Waals surface area contributed by atoms with Gasteiger partial charge in [-0.25, -0.2) is 0 Å². The van der Waals surface area contributed by atoms with Crippen molar-refractivity contribution in [3.63, 3.8) is 0 Å². The molecule has 1 fully saturated rings. The molecule has 0 bridgehead atoms. The van der Waals surface area contributed by atoms with Crippen LogP contribution in [0.15, 0.2) is 48.5 Å². The predicted molar refractivity (Wildman–Crippen MR) is 114 cm³/mol. The van der Waals surface area contributed by atoms with Gasteiger partial charge in [0.25, 0.3) is 0 Å². The molecule has 3 atom stereocenters. The van der Waals surface area contributed by atoms with Crippen LogP contribution in [-0.4, -0.2) is 21.7 Å². The minimum atomic E-state index is 0.0184. The lowest BCUT2D eigenvalue weighted by atomic mass is 9.78. The fourth-order valence-electron chi connectivity index (χ4n) is 4.26. The first-order valence-electron chi connectivity index (χ1n) is 10.0. The van der Waals surface area contributed by atoms with Crippen molar-refractivity contribution in [1.29, 1.82) is 0 Å². The molecule has 28 heavy (non-hydrogen) atoms. The quantitative estimate of drug-likeness (QED) is 0.651. The summed E-state index contributed by atoms with van der Waals surface area (Å²) in [6.45, 7) is 4.73. The van der Waals surface area contributed by atoms with Crippen LogP contribution in [0, 0.1) is 11.8 Å². The first-order valence-corrected chi connectivity index (χ1v) is 10.4. The van der Waals surface area contributed by atoms with E-state index in [0.29, 0.717) is 16.9 Å². The molecule has 4 nitrogen and oxygen atoms in total. The Morgan fingerprint density at radius 3 is 2.75 bits per heavy atom. The highest BCUT2D eigenvalue weighted by Crippen LogP contribution is 2.31. The highest BCUT2D eigenvalue weighted by Gasteiger charge is 2.28. The van der Waals surface area contributed by atoms with Gasteiger partial charge in [-0.05, 0) is 36.5 Å². The van der Waals surface area contributed by atoms with E-state index in [-0.39, 0.29) is 18.5 Å². The molecule has 1 aliphatic rings. The van der Waals surface area contributed by atoms with E-state index in [4.69, 9.17) is 16.7 Å². The van der Waals surface area contributed by atoms with E-state index < -0.39 is 0 Å². The summed E-state index contributed by atoms with van der Waals surface area (Å²) in [7, 11) is 0. The van der Waals surface area contributed by atoms with Crippen LogP contribution in [0.5, 0.6) is 0 Å². The molecule has 3 unspecified atom stereocenters. The van der Waals surface area contributed by atoms with Crippen LogP contribution in [0.1, 0.15) is 33.1 Å². The average Bonchev–Trinajstić information content (AvgIpc) is 3.03. The van der Waals surface area contributed by atoms with Gasteiger partial charge in [0.2, 0.25) is 5.91 Å². The number of benzene rings is 2. The van der Waals surface area contributed by atoms with E-state index in [2.05, 4.69) is 19.2 Å². The van der Waals surface area contributed by atoms with Crippen LogP contribution in [-0.2, 0) is 11.3 Å². The van der Waals surface area contributed by atoms with Gasteiger partial charge in [-0.15, -0.1) is 0 Å². The molecule has 1 saturated carbocycles. The molecule has 0 aliphatic heterocycles. The van der Waals surface area contributed by atoms with Gasteiger partial charge < -0.3 is 5.32 Å². The Morgan fingerprint density at radius 1 is 1.18 bits per heavy atom. The summed E-state index contributed by atoms with van der Waals surface area (Å²) >= 11 is 6.24. The Kier molecular flexibility index (Phi) is 5.40. The summed E-state index contributed by atoms with van der Waals surface area (Å²) < 4.78 is 1.79. The Labute approximate surface area is 170 Å². The molecule has 3 aromatic rings. The summed E-state index contributed by atoms with van der Waals surface area (Å²) in [6.07, 6.45) is 3.48. The number of aromatic nitrogens is 2. The smallest absolute Gasteiger partial charge is 0.241 e. The summed E-state index contributed by atoms with van der Waals surface area (Å²) in [6, 6.07) is 16.0. The SMILES string of the molecule is CC1CCCC(NC(=O)Cn2nc(-c3ccccc3)c3cc(Cl)ccc32)C1C. The third kappa shape index (κ3) is 3.79. The number of rotatable bonds is 4. The molecule has 0 spiro atoms. The Morgan fingerprint density at radius 2 is 1.96 bits per heavy atom. The molecule has 4 rings (SSSR count). The lowest BCUT2D eigenvalue weighted by Gasteiger charge is -2.34. The number of fused-ring (bicyclic) bond motifs is 1. The van der Waals surface area contributed by atoms with Gasteiger partial charge >= 0.3 is 0 Å². The van der Waals surface area contributed by atoms with Crippen molar-refractivity contribution in [2.45, 2.75) is 45.7 Å². The summed E-state index contributed by atoms with van der Waals surface area (Å²) in [5, 5.41) is 9.64. The van der Waals surface area contributed by atoms with Gasteiger partial charge in [0.15, 0.2) is 0 Å². The zero-order valence-corrected chi connectivity index (χ0v) is 17.1. The second-order valence-corrected chi connectivity index (χ2v) is 8.41. The normalized spacial score (nSPS) is 22.3.